The number of anilines is 1. The van der Waals surface area contributed by atoms with Crippen LogP contribution in [0.4, 0.5) is 10.1 Å². The molecule has 1 aliphatic heterocycles. The molecular formula is C16H21FN4O3S. The van der Waals surface area contributed by atoms with Crippen molar-refractivity contribution in [1.29, 1.82) is 5.26 Å². The average Bonchev–Trinajstić information content (AvgIpc) is 2.92. The lowest BCUT2D eigenvalue weighted by atomic mass is 10.2. The van der Waals surface area contributed by atoms with Gasteiger partial charge in [0.25, 0.3) is 0 Å². The highest BCUT2D eigenvalue weighted by atomic mass is 32.2. The zero-order valence-corrected chi connectivity index (χ0v) is 14.8. The van der Waals surface area contributed by atoms with E-state index in [2.05, 4.69) is 10.6 Å². The molecule has 0 radical (unpaired) electrons. The third kappa shape index (κ3) is 5.41. The number of nitrogens with one attached hydrogen (secondary N) is 2. The smallest absolute Gasteiger partial charge is 0.234 e. The van der Waals surface area contributed by atoms with Crippen molar-refractivity contribution in [1.82, 2.24) is 10.2 Å². The molecule has 1 fully saturated rings. The Labute approximate surface area is 146 Å². The molecule has 2 N–H and O–H groups in total. The number of hydrogen-bond donors (Lipinski definition) is 2. The van der Waals surface area contributed by atoms with Crippen LogP contribution in [0, 0.1) is 17.1 Å². The number of halogens is 1. The Morgan fingerprint density at radius 3 is 2.84 bits per heavy atom. The molecule has 1 amide bonds. The first-order valence-corrected chi connectivity index (χ1v) is 9.74. The van der Waals surface area contributed by atoms with Gasteiger partial charge in [-0.25, -0.2) is 12.8 Å². The molecule has 1 atom stereocenters. The first-order chi connectivity index (χ1) is 11.8. The number of hydrogen-bond acceptors (Lipinski definition) is 6. The van der Waals surface area contributed by atoms with Crippen LogP contribution in [0.25, 0.3) is 0 Å². The maximum absolute atomic E-state index is 13.5. The minimum absolute atomic E-state index is 0.0593. The lowest BCUT2D eigenvalue weighted by Crippen LogP contribution is -2.42. The second-order valence-corrected chi connectivity index (χ2v) is 8.25. The van der Waals surface area contributed by atoms with Crippen molar-refractivity contribution in [2.24, 2.45) is 0 Å². The van der Waals surface area contributed by atoms with Crippen molar-refractivity contribution < 1.29 is 17.6 Å². The normalized spacial score (nSPS) is 18.7. The molecule has 0 bridgehead atoms. The van der Waals surface area contributed by atoms with Gasteiger partial charge in [0.15, 0.2) is 9.84 Å². The summed E-state index contributed by atoms with van der Waals surface area (Å²) in [6.07, 6.45) is 0.546. The number of amides is 1. The molecule has 1 saturated heterocycles. The van der Waals surface area contributed by atoms with E-state index in [0.717, 1.165) is 0 Å². The van der Waals surface area contributed by atoms with Gasteiger partial charge in [-0.05, 0) is 25.6 Å². The summed E-state index contributed by atoms with van der Waals surface area (Å²) < 4.78 is 36.4. The molecule has 1 heterocycles. The van der Waals surface area contributed by atoms with Gasteiger partial charge in [0.05, 0.1) is 23.7 Å². The highest BCUT2D eigenvalue weighted by molar-refractivity contribution is 7.91. The Morgan fingerprint density at radius 2 is 2.20 bits per heavy atom. The standard InChI is InChI=1S/C16H21FN4O3S/c1-21(12-5-8-25(23,24)11-12)10-16(22)20-7-6-19-15-4-2-3-14(17)13(15)9-18/h2-4,12,19H,5-8,10-11H2,1H3,(H,20,22)/t12-/m0/s1. The van der Waals surface area contributed by atoms with Crippen molar-refractivity contribution in [2.45, 2.75) is 12.5 Å². The van der Waals surface area contributed by atoms with Gasteiger partial charge in [-0.1, -0.05) is 6.07 Å². The molecule has 0 unspecified atom stereocenters. The fraction of sp³-hybridized carbons (Fsp3) is 0.500. The van der Waals surface area contributed by atoms with Crippen molar-refractivity contribution in [2.75, 3.05) is 43.5 Å². The van der Waals surface area contributed by atoms with Crippen LogP contribution in [0.5, 0.6) is 0 Å². The first-order valence-electron chi connectivity index (χ1n) is 7.92. The molecule has 1 aromatic carbocycles. The topological polar surface area (TPSA) is 102 Å². The van der Waals surface area contributed by atoms with Gasteiger partial charge in [-0.15, -0.1) is 0 Å². The van der Waals surface area contributed by atoms with Gasteiger partial charge < -0.3 is 10.6 Å². The zero-order valence-electron chi connectivity index (χ0n) is 14.0. The predicted molar refractivity (Wildman–Crippen MR) is 92.3 cm³/mol. The maximum Gasteiger partial charge on any atom is 0.234 e. The van der Waals surface area contributed by atoms with E-state index in [4.69, 9.17) is 5.26 Å². The summed E-state index contributed by atoms with van der Waals surface area (Å²) in [7, 11) is -1.25. The Bertz CT molecular complexity index is 776. The predicted octanol–water partition coefficient (Wildman–Crippen LogP) is 0.344. The van der Waals surface area contributed by atoms with Crippen LogP contribution in [-0.2, 0) is 14.6 Å². The van der Waals surface area contributed by atoms with E-state index in [1.54, 1.807) is 24.1 Å². The molecule has 1 aliphatic rings. The van der Waals surface area contributed by atoms with Crippen LogP contribution in [0.3, 0.4) is 0 Å². The molecule has 25 heavy (non-hydrogen) atoms. The van der Waals surface area contributed by atoms with Gasteiger partial charge in [0.1, 0.15) is 17.4 Å². The summed E-state index contributed by atoms with van der Waals surface area (Å²) in [5.41, 5.74) is 0.320. The summed E-state index contributed by atoms with van der Waals surface area (Å²) in [6.45, 7) is 0.756. The Balaban J connectivity index is 1.73. The van der Waals surface area contributed by atoms with Gasteiger partial charge in [0.2, 0.25) is 5.91 Å². The first kappa shape index (κ1) is 19.1. The number of nitriles is 1. The quantitative estimate of drug-likeness (QED) is 0.673. The largest absolute Gasteiger partial charge is 0.382 e. The second kappa shape index (κ2) is 8.27. The SMILES string of the molecule is CN(CC(=O)NCCNc1cccc(F)c1C#N)[C@H]1CCS(=O)(=O)C1. The minimum Gasteiger partial charge on any atom is -0.382 e. The third-order valence-corrected chi connectivity index (χ3v) is 5.86. The maximum atomic E-state index is 13.5. The van der Waals surface area contributed by atoms with Crippen molar-refractivity contribution >= 4 is 21.4 Å². The lowest BCUT2D eigenvalue weighted by molar-refractivity contribution is -0.122. The molecular weight excluding hydrogens is 347 g/mol. The van der Waals surface area contributed by atoms with Crippen LogP contribution in [0.15, 0.2) is 18.2 Å². The van der Waals surface area contributed by atoms with E-state index >= 15 is 0 Å². The number of likely N-dealkylation sites (N-methyl/N-ethyl adjacent to an activating group) is 1. The van der Waals surface area contributed by atoms with Crippen molar-refractivity contribution in [3.63, 3.8) is 0 Å². The summed E-state index contributed by atoms with van der Waals surface area (Å²) in [5, 5.41) is 14.6. The van der Waals surface area contributed by atoms with E-state index < -0.39 is 15.7 Å². The molecule has 1 aromatic rings. The van der Waals surface area contributed by atoms with E-state index in [1.807, 2.05) is 0 Å². The summed E-state index contributed by atoms with van der Waals surface area (Å²) in [5.74, 6) is -0.546. The Kier molecular flexibility index (Phi) is 6.33. The number of benzene rings is 1. The fourth-order valence-electron chi connectivity index (χ4n) is 2.72. The zero-order chi connectivity index (χ0) is 18.4. The Hall–Kier alpha value is -2.18. The monoisotopic (exact) mass is 368 g/mol. The van der Waals surface area contributed by atoms with Crippen molar-refractivity contribution in [3.8, 4) is 6.07 Å². The van der Waals surface area contributed by atoms with E-state index in [1.165, 1.54) is 12.1 Å². The molecule has 0 aliphatic carbocycles. The molecule has 2 rings (SSSR count). The van der Waals surface area contributed by atoms with Gasteiger partial charge in [-0.2, -0.15) is 5.26 Å². The number of carbonyl (C=O) groups excluding carboxylic acids is 1. The van der Waals surface area contributed by atoms with Crippen LogP contribution < -0.4 is 10.6 Å². The van der Waals surface area contributed by atoms with Gasteiger partial charge in [-0.3, -0.25) is 9.69 Å². The molecule has 0 spiro atoms. The van der Waals surface area contributed by atoms with E-state index in [-0.39, 0.29) is 35.6 Å². The highest BCUT2D eigenvalue weighted by Crippen LogP contribution is 2.17. The molecule has 9 heteroatoms. The average molecular weight is 368 g/mol. The number of carbonyl (C=O) groups is 1. The lowest BCUT2D eigenvalue weighted by Gasteiger charge is -2.22. The molecule has 136 valence electrons. The molecule has 7 nitrogen and oxygen atoms in total. The summed E-state index contributed by atoms with van der Waals surface area (Å²) in [6, 6.07) is 5.98. The van der Waals surface area contributed by atoms with Gasteiger partial charge in [0, 0.05) is 19.1 Å². The number of rotatable bonds is 7. The number of nitrogens with zero attached hydrogens (tertiary/aromatic N) is 2. The fourth-order valence-corrected chi connectivity index (χ4v) is 4.52. The van der Waals surface area contributed by atoms with Gasteiger partial charge >= 0.3 is 0 Å². The highest BCUT2D eigenvalue weighted by Gasteiger charge is 2.31. The van der Waals surface area contributed by atoms with Crippen LogP contribution >= 0.6 is 0 Å². The molecule has 0 aromatic heterocycles. The summed E-state index contributed by atoms with van der Waals surface area (Å²) in [4.78, 5) is 13.7. The van der Waals surface area contributed by atoms with Crippen molar-refractivity contribution in [3.05, 3.63) is 29.6 Å². The Morgan fingerprint density at radius 1 is 1.44 bits per heavy atom. The number of sulfone groups is 1. The summed E-state index contributed by atoms with van der Waals surface area (Å²) >= 11 is 0. The van der Waals surface area contributed by atoms with Crippen LogP contribution in [0.1, 0.15) is 12.0 Å². The van der Waals surface area contributed by atoms with Crippen LogP contribution in [0.2, 0.25) is 0 Å². The van der Waals surface area contributed by atoms with Crippen LogP contribution in [-0.4, -0.2) is 63.5 Å². The third-order valence-electron chi connectivity index (χ3n) is 4.11. The molecule has 0 saturated carbocycles. The second-order valence-electron chi connectivity index (χ2n) is 6.02. The van der Waals surface area contributed by atoms with E-state index in [9.17, 15) is 17.6 Å². The van der Waals surface area contributed by atoms with E-state index in [0.29, 0.717) is 25.2 Å². The minimum atomic E-state index is -2.98.